The maximum absolute atomic E-state index is 11.8. The lowest BCUT2D eigenvalue weighted by Crippen LogP contribution is -2.45. The summed E-state index contributed by atoms with van der Waals surface area (Å²) in [6.45, 7) is 20.0. The van der Waals surface area contributed by atoms with Crippen LogP contribution in [-0.2, 0) is 16.0 Å². The zero-order valence-corrected chi connectivity index (χ0v) is 29.8. The number of benzene rings is 2. The van der Waals surface area contributed by atoms with Gasteiger partial charge >= 0.3 is 5.97 Å². The largest absolute Gasteiger partial charge is 0.480 e. The smallest absolute Gasteiger partial charge is 0.321 e. The Bertz CT molecular complexity index is 1020. The lowest BCUT2D eigenvalue weighted by Gasteiger charge is -2.35. The van der Waals surface area contributed by atoms with Crippen LogP contribution < -0.4 is 0 Å². The fraction of sp³-hybridized carbons (Fsp3) is 0.600. The maximum Gasteiger partial charge on any atom is 0.321 e. The predicted molar refractivity (Wildman–Crippen MR) is 196 cm³/mol. The second-order valence-electron chi connectivity index (χ2n) is 13.6. The number of hydrogen-bond acceptors (Lipinski definition) is 5. The number of carboxylic acid groups (broad SMARTS) is 1. The molecule has 2 aromatic carbocycles. The molecule has 0 bridgehead atoms. The van der Waals surface area contributed by atoms with Gasteiger partial charge < -0.3 is 19.7 Å². The van der Waals surface area contributed by atoms with Gasteiger partial charge in [-0.25, -0.2) is 0 Å². The summed E-state index contributed by atoms with van der Waals surface area (Å²) >= 11 is 0. The number of rotatable bonds is 8. The van der Waals surface area contributed by atoms with E-state index in [1.54, 1.807) is 0 Å². The van der Waals surface area contributed by atoms with Crippen LogP contribution in [0.4, 0.5) is 0 Å². The highest BCUT2D eigenvalue weighted by molar-refractivity contribution is 5.74. The molecule has 3 fully saturated rings. The molecule has 6 heteroatoms. The van der Waals surface area contributed by atoms with E-state index in [-0.39, 0.29) is 6.04 Å². The van der Waals surface area contributed by atoms with Crippen molar-refractivity contribution < 1.29 is 14.7 Å². The fourth-order valence-electron chi connectivity index (χ4n) is 6.71. The van der Waals surface area contributed by atoms with Crippen molar-refractivity contribution in [2.45, 2.75) is 96.6 Å². The molecule has 0 amide bonds. The van der Waals surface area contributed by atoms with Crippen molar-refractivity contribution in [2.24, 2.45) is 11.8 Å². The van der Waals surface area contributed by atoms with Gasteiger partial charge in [0.2, 0.25) is 0 Å². The van der Waals surface area contributed by atoms with Crippen LogP contribution in [0.5, 0.6) is 0 Å². The molecule has 2 atom stereocenters. The van der Waals surface area contributed by atoms with Crippen molar-refractivity contribution in [3.8, 4) is 0 Å². The Hall–Kier alpha value is -2.80. The molecule has 2 saturated heterocycles. The first-order chi connectivity index (χ1) is 22.2. The number of carbonyl (C=O) groups is 2. The van der Waals surface area contributed by atoms with Crippen LogP contribution in [0.3, 0.4) is 0 Å². The molecule has 1 aliphatic carbocycles. The van der Waals surface area contributed by atoms with Gasteiger partial charge in [0.25, 0.3) is 0 Å². The first-order valence-corrected chi connectivity index (χ1v) is 17.5. The van der Waals surface area contributed by atoms with Crippen LogP contribution in [0.15, 0.2) is 73.8 Å². The Morgan fingerprint density at radius 1 is 0.848 bits per heavy atom. The van der Waals surface area contributed by atoms with Gasteiger partial charge in [-0.1, -0.05) is 101 Å². The third-order valence-electron chi connectivity index (χ3n) is 9.14. The Labute approximate surface area is 281 Å². The minimum Gasteiger partial charge on any atom is -0.480 e. The monoisotopic (exact) mass is 636 g/mol. The van der Waals surface area contributed by atoms with Gasteiger partial charge in [-0.2, -0.15) is 0 Å². The SMILES string of the molecule is C=C.C=O.CC(C)C.CN1CCC(N(C)CCc2ccccc2)CC1.O=C(O)C(C1CCCCC1)N1CCC(c2ccccc2)C1. The normalized spacial score (nSPS) is 19.7. The van der Waals surface area contributed by atoms with Crippen LogP contribution >= 0.6 is 0 Å². The summed E-state index contributed by atoms with van der Waals surface area (Å²) in [6.07, 6.45) is 10.7. The van der Waals surface area contributed by atoms with Gasteiger partial charge in [-0.15, -0.1) is 13.2 Å². The highest BCUT2D eigenvalue weighted by atomic mass is 16.4. The summed E-state index contributed by atoms with van der Waals surface area (Å²) in [4.78, 5) is 27.0. The van der Waals surface area contributed by atoms with E-state index in [4.69, 9.17) is 4.79 Å². The number of carboxylic acids is 1. The highest BCUT2D eigenvalue weighted by Crippen LogP contribution is 2.34. The zero-order valence-electron chi connectivity index (χ0n) is 29.8. The molecule has 2 aromatic rings. The second kappa shape index (κ2) is 24.4. The first kappa shape index (κ1) is 41.2. The summed E-state index contributed by atoms with van der Waals surface area (Å²) in [7, 11) is 4.50. The van der Waals surface area contributed by atoms with E-state index >= 15 is 0 Å². The van der Waals surface area contributed by atoms with E-state index in [2.05, 4.69) is 117 Å². The molecular weight excluding hydrogens is 570 g/mol. The number of piperidine rings is 1. The molecule has 6 nitrogen and oxygen atoms in total. The third-order valence-corrected chi connectivity index (χ3v) is 9.14. The predicted octanol–water partition coefficient (Wildman–Crippen LogP) is 8.04. The third kappa shape index (κ3) is 15.7. The van der Waals surface area contributed by atoms with Gasteiger partial charge in [-0.3, -0.25) is 9.69 Å². The minimum absolute atomic E-state index is 0.265. The van der Waals surface area contributed by atoms with Gasteiger partial charge in [0.05, 0.1) is 0 Å². The number of carbonyl (C=O) groups excluding carboxylic acids is 1. The van der Waals surface area contributed by atoms with Crippen LogP contribution in [0.2, 0.25) is 0 Å². The molecule has 0 radical (unpaired) electrons. The lowest BCUT2D eigenvalue weighted by atomic mass is 9.83. The standard InChI is InChI=1S/C18H25NO2.C15H24N2.C4H10.C2H4.CH2O/c20-18(21)17(15-9-5-2-6-10-15)19-12-11-16(13-19)14-7-3-1-4-8-14;1-16-11-9-15(10-12-16)17(2)13-8-14-6-4-3-5-7-14;1-4(2)3;2*1-2/h1,3-4,7-8,15-17H,2,5-6,9-13H2,(H,20,21);3-7,15H,8-13H2,1-2H3;4H,1-3H3;1-2H2;1H2. The Morgan fingerprint density at radius 2 is 1.37 bits per heavy atom. The highest BCUT2D eigenvalue weighted by Gasteiger charge is 2.38. The van der Waals surface area contributed by atoms with Gasteiger partial charge in [0.15, 0.2) is 0 Å². The number of hydrogen-bond donors (Lipinski definition) is 1. The molecule has 2 unspecified atom stereocenters. The summed E-state index contributed by atoms with van der Waals surface area (Å²) in [6, 6.07) is 21.9. The molecule has 1 N–H and O–H groups in total. The van der Waals surface area contributed by atoms with E-state index in [1.807, 2.05) is 12.9 Å². The minimum atomic E-state index is -0.615. The number of nitrogens with zero attached hydrogens (tertiary/aromatic N) is 3. The van der Waals surface area contributed by atoms with Gasteiger partial charge in [-0.05, 0) is 101 Å². The Kier molecular flexibility index (Phi) is 21.9. The number of likely N-dealkylation sites (N-methyl/N-ethyl adjacent to an activating group) is 1. The number of likely N-dealkylation sites (tertiary alicyclic amines) is 2. The fourth-order valence-corrected chi connectivity index (χ4v) is 6.71. The van der Waals surface area contributed by atoms with Gasteiger partial charge in [0, 0.05) is 19.1 Å². The molecule has 2 heterocycles. The topological polar surface area (TPSA) is 64.1 Å². The molecule has 2 aliphatic heterocycles. The van der Waals surface area contributed by atoms with E-state index in [0.717, 1.165) is 44.3 Å². The van der Waals surface area contributed by atoms with E-state index in [9.17, 15) is 9.90 Å². The average Bonchev–Trinajstić information content (AvgIpc) is 3.57. The van der Waals surface area contributed by atoms with E-state index in [1.165, 1.54) is 69.3 Å². The second-order valence-corrected chi connectivity index (χ2v) is 13.6. The van der Waals surface area contributed by atoms with Crippen molar-refractivity contribution in [3.05, 3.63) is 84.9 Å². The van der Waals surface area contributed by atoms with Gasteiger partial charge in [0.1, 0.15) is 12.8 Å². The van der Waals surface area contributed by atoms with Crippen molar-refractivity contribution in [1.29, 1.82) is 0 Å². The summed E-state index contributed by atoms with van der Waals surface area (Å²) in [5.41, 5.74) is 2.81. The molecule has 1 saturated carbocycles. The van der Waals surface area contributed by atoms with Crippen molar-refractivity contribution in [2.75, 3.05) is 46.8 Å². The number of aliphatic carboxylic acids is 1. The van der Waals surface area contributed by atoms with Crippen molar-refractivity contribution >= 4 is 12.8 Å². The Morgan fingerprint density at radius 3 is 1.89 bits per heavy atom. The van der Waals surface area contributed by atoms with E-state index in [0.29, 0.717) is 11.8 Å². The lowest BCUT2D eigenvalue weighted by molar-refractivity contribution is -0.145. The zero-order chi connectivity index (χ0) is 34.3. The molecule has 0 spiro atoms. The van der Waals surface area contributed by atoms with Crippen LogP contribution in [0.25, 0.3) is 0 Å². The molecular formula is C40H65N3O3. The first-order valence-electron chi connectivity index (χ1n) is 17.5. The van der Waals surface area contributed by atoms with Crippen molar-refractivity contribution in [3.63, 3.8) is 0 Å². The van der Waals surface area contributed by atoms with Crippen LogP contribution in [-0.4, -0.2) is 91.5 Å². The quantitative estimate of drug-likeness (QED) is 0.296. The molecule has 0 aromatic heterocycles. The Balaban J connectivity index is 0.000000381. The van der Waals surface area contributed by atoms with Crippen molar-refractivity contribution in [1.82, 2.24) is 14.7 Å². The summed E-state index contributed by atoms with van der Waals surface area (Å²) < 4.78 is 0. The van der Waals surface area contributed by atoms with E-state index < -0.39 is 5.97 Å². The van der Waals surface area contributed by atoms with Crippen LogP contribution in [0, 0.1) is 11.8 Å². The molecule has 3 aliphatic rings. The molecule has 258 valence electrons. The van der Waals surface area contributed by atoms with Crippen LogP contribution in [0.1, 0.15) is 89.2 Å². The summed E-state index contributed by atoms with van der Waals surface area (Å²) in [5, 5.41) is 9.70. The average molecular weight is 636 g/mol. The molecule has 5 rings (SSSR count). The maximum atomic E-state index is 11.8. The molecule has 46 heavy (non-hydrogen) atoms. The summed E-state index contributed by atoms with van der Waals surface area (Å²) in [5.74, 6) is 1.07.